The maximum atomic E-state index is 12.4. The molecule has 0 bridgehead atoms. The van der Waals surface area contributed by atoms with Gasteiger partial charge in [-0.25, -0.2) is 0 Å². The molecule has 0 saturated carbocycles. The molecule has 26 heavy (non-hydrogen) atoms. The summed E-state index contributed by atoms with van der Waals surface area (Å²) < 4.78 is 5.38. The van der Waals surface area contributed by atoms with Gasteiger partial charge in [-0.2, -0.15) is 0 Å². The normalized spacial score (nSPS) is 14.8. The maximum Gasteiger partial charge on any atom is 0.255 e. The van der Waals surface area contributed by atoms with E-state index in [1.54, 1.807) is 0 Å². The molecule has 2 aromatic carbocycles. The summed E-state index contributed by atoms with van der Waals surface area (Å²) >= 11 is 0. The minimum absolute atomic E-state index is 0.0940. The molecule has 1 N–H and O–H groups in total. The van der Waals surface area contributed by atoms with Crippen molar-refractivity contribution in [1.82, 2.24) is 0 Å². The summed E-state index contributed by atoms with van der Waals surface area (Å²) in [6, 6.07) is 15.6. The Morgan fingerprint density at radius 1 is 1.04 bits per heavy atom. The predicted molar refractivity (Wildman–Crippen MR) is 108 cm³/mol. The fourth-order valence-corrected chi connectivity index (χ4v) is 2.83. The Kier molecular flexibility index (Phi) is 6.08. The standard InChI is InChI=1S/C22H26N2O2/c1-17(2)3-4-18-5-7-19(8-6-18)22(25)23-20-9-11-21(12-10-20)24-13-15-26-16-14-24/h3-12,17H,13-16H2,1-2H3,(H,23,25). The third-order valence-corrected chi connectivity index (χ3v) is 4.35. The Morgan fingerprint density at radius 2 is 1.69 bits per heavy atom. The van der Waals surface area contributed by atoms with E-state index < -0.39 is 0 Å². The summed E-state index contributed by atoms with van der Waals surface area (Å²) in [4.78, 5) is 14.7. The highest BCUT2D eigenvalue weighted by Crippen LogP contribution is 2.19. The van der Waals surface area contributed by atoms with E-state index in [1.807, 2.05) is 48.5 Å². The van der Waals surface area contributed by atoms with Gasteiger partial charge < -0.3 is 15.0 Å². The number of rotatable bonds is 5. The van der Waals surface area contributed by atoms with Crippen LogP contribution in [-0.2, 0) is 4.74 Å². The lowest BCUT2D eigenvalue weighted by Crippen LogP contribution is -2.36. The minimum atomic E-state index is -0.0940. The first-order valence-electron chi connectivity index (χ1n) is 9.14. The largest absolute Gasteiger partial charge is 0.378 e. The van der Waals surface area contributed by atoms with E-state index >= 15 is 0 Å². The van der Waals surface area contributed by atoms with E-state index in [9.17, 15) is 4.79 Å². The van der Waals surface area contributed by atoms with Crippen LogP contribution < -0.4 is 10.2 Å². The van der Waals surface area contributed by atoms with E-state index in [0.29, 0.717) is 11.5 Å². The molecule has 0 atom stereocenters. The Bertz CT molecular complexity index is 743. The number of carbonyl (C=O) groups excluding carboxylic acids is 1. The minimum Gasteiger partial charge on any atom is -0.378 e. The average Bonchev–Trinajstić information content (AvgIpc) is 2.68. The zero-order valence-corrected chi connectivity index (χ0v) is 15.4. The number of amides is 1. The van der Waals surface area contributed by atoms with Crippen LogP contribution in [0.4, 0.5) is 11.4 Å². The molecule has 136 valence electrons. The number of ether oxygens (including phenoxy) is 1. The molecule has 1 amide bonds. The third-order valence-electron chi connectivity index (χ3n) is 4.35. The number of morpholine rings is 1. The van der Waals surface area contributed by atoms with Crippen LogP contribution >= 0.6 is 0 Å². The number of benzene rings is 2. The zero-order valence-electron chi connectivity index (χ0n) is 15.4. The summed E-state index contributed by atoms with van der Waals surface area (Å²) in [6.07, 6.45) is 4.22. The number of nitrogens with one attached hydrogen (secondary N) is 1. The van der Waals surface area contributed by atoms with Crippen LogP contribution in [-0.4, -0.2) is 32.2 Å². The van der Waals surface area contributed by atoms with Gasteiger partial charge in [0.2, 0.25) is 0 Å². The number of anilines is 2. The lowest BCUT2D eigenvalue weighted by molar-refractivity contribution is 0.102. The van der Waals surface area contributed by atoms with Gasteiger partial charge in [0, 0.05) is 30.0 Å². The quantitative estimate of drug-likeness (QED) is 0.866. The molecule has 0 aliphatic carbocycles. The molecular formula is C22H26N2O2. The lowest BCUT2D eigenvalue weighted by atomic mass is 10.1. The molecule has 1 heterocycles. The van der Waals surface area contributed by atoms with Gasteiger partial charge in [0.05, 0.1) is 13.2 Å². The molecule has 4 nitrogen and oxygen atoms in total. The van der Waals surface area contributed by atoms with Crippen LogP contribution in [0, 0.1) is 5.92 Å². The van der Waals surface area contributed by atoms with Gasteiger partial charge in [-0.05, 0) is 47.9 Å². The van der Waals surface area contributed by atoms with Crippen LogP contribution in [0.3, 0.4) is 0 Å². The topological polar surface area (TPSA) is 41.6 Å². The summed E-state index contributed by atoms with van der Waals surface area (Å²) in [5.74, 6) is 0.418. The first-order valence-corrected chi connectivity index (χ1v) is 9.14. The SMILES string of the molecule is CC(C)C=Cc1ccc(C(=O)Nc2ccc(N3CCOCC3)cc2)cc1. The van der Waals surface area contributed by atoms with Gasteiger partial charge in [0.25, 0.3) is 5.91 Å². The van der Waals surface area contributed by atoms with Crippen molar-refractivity contribution < 1.29 is 9.53 Å². The molecule has 0 unspecified atom stereocenters. The average molecular weight is 350 g/mol. The van der Waals surface area contributed by atoms with Crippen LogP contribution in [0.5, 0.6) is 0 Å². The van der Waals surface area contributed by atoms with E-state index in [4.69, 9.17) is 4.74 Å². The molecule has 3 rings (SSSR count). The van der Waals surface area contributed by atoms with Crippen molar-refractivity contribution in [3.8, 4) is 0 Å². The molecular weight excluding hydrogens is 324 g/mol. The highest BCUT2D eigenvalue weighted by molar-refractivity contribution is 6.04. The third kappa shape index (κ3) is 4.96. The maximum absolute atomic E-state index is 12.4. The Hall–Kier alpha value is -2.59. The second-order valence-electron chi connectivity index (χ2n) is 6.83. The van der Waals surface area contributed by atoms with Gasteiger partial charge >= 0.3 is 0 Å². The first-order chi connectivity index (χ1) is 12.6. The molecule has 2 aromatic rings. The van der Waals surface area contributed by atoms with Crippen LogP contribution in [0.15, 0.2) is 54.6 Å². The van der Waals surface area contributed by atoms with Crippen molar-refractivity contribution in [3.63, 3.8) is 0 Å². The van der Waals surface area contributed by atoms with Gasteiger partial charge in [-0.3, -0.25) is 4.79 Å². The van der Waals surface area contributed by atoms with Crippen LogP contribution in [0.2, 0.25) is 0 Å². The summed E-state index contributed by atoms with van der Waals surface area (Å²) in [5, 5.41) is 2.96. The van der Waals surface area contributed by atoms with E-state index in [1.165, 1.54) is 0 Å². The van der Waals surface area contributed by atoms with Crippen LogP contribution in [0.25, 0.3) is 6.08 Å². The molecule has 1 fully saturated rings. The van der Waals surface area contributed by atoms with Crippen molar-refractivity contribution in [3.05, 3.63) is 65.7 Å². The summed E-state index contributed by atoms with van der Waals surface area (Å²) in [5.41, 5.74) is 3.72. The number of carbonyl (C=O) groups is 1. The highest BCUT2D eigenvalue weighted by atomic mass is 16.5. The van der Waals surface area contributed by atoms with Crippen molar-refractivity contribution >= 4 is 23.4 Å². The first kappa shape index (κ1) is 18.2. The second-order valence-corrected chi connectivity index (χ2v) is 6.83. The molecule has 1 saturated heterocycles. The monoisotopic (exact) mass is 350 g/mol. The number of nitrogens with zero attached hydrogens (tertiary/aromatic N) is 1. The lowest BCUT2D eigenvalue weighted by Gasteiger charge is -2.28. The van der Waals surface area contributed by atoms with Gasteiger partial charge in [0.1, 0.15) is 0 Å². The Labute approximate surface area is 155 Å². The summed E-state index contributed by atoms with van der Waals surface area (Å²) in [7, 11) is 0. The van der Waals surface area contributed by atoms with Crippen molar-refractivity contribution in [1.29, 1.82) is 0 Å². The smallest absolute Gasteiger partial charge is 0.255 e. The van der Waals surface area contributed by atoms with Crippen molar-refractivity contribution in [2.45, 2.75) is 13.8 Å². The molecule has 0 aromatic heterocycles. The molecule has 0 radical (unpaired) electrons. The Balaban J connectivity index is 1.60. The van der Waals surface area contributed by atoms with E-state index in [-0.39, 0.29) is 5.91 Å². The van der Waals surface area contributed by atoms with E-state index in [0.717, 1.165) is 43.2 Å². The molecule has 1 aliphatic rings. The molecule has 4 heteroatoms. The van der Waals surface area contributed by atoms with Gasteiger partial charge in [0.15, 0.2) is 0 Å². The number of allylic oxidation sites excluding steroid dienone is 1. The molecule has 0 spiro atoms. The molecule has 1 aliphatic heterocycles. The fraction of sp³-hybridized carbons (Fsp3) is 0.318. The fourth-order valence-electron chi connectivity index (χ4n) is 2.83. The zero-order chi connectivity index (χ0) is 18.4. The number of hydrogen-bond donors (Lipinski definition) is 1. The second kappa shape index (κ2) is 8.68. The van der Waals surface area contributed by atoms with Crippen molar-refractivity contribution in [2.24, 2.45) is 5.92 Å². The summed E-state index contributed by atoms with van der Waals surface area (Å²) in [6.45, 7) is 7.62. The number of hydrogen-bond acceptors (Lipinski definition) is 3. The van der Waals surface area contributed by atoms with E-state index in [2.05, 4.69) is 36.2 Å². The van der Waals surface area contributed by atoms with Crippen molar-refractivity contribution in [2.75, 3.05) is 36.5 Å². The predicted octanol–water partition coefficient (Wildman–Crippen LogP) is 4.44. The van der Waals surface area contributed by atoms with Gasteiger partial charge in [-0.15, -0.1) is 0 Å². The Morgan fingerprint density at radius 3 is 2.31 bits per heavy atom. The van der Waals surface area contributed by atoms with Gasteiger partial charge in [-0.1, -0.05) is 38.1 Å². The highest BCUT2D eigenvalue weighted by Gasteiger charge is 2.11. The van der Waals surface area contributed by atoms with Crippen LogP contribution in [0.1, 0.15) is 29.8 Å².